The van der Waals surface area contributed by atoms with Gasteiger partial charge in [-0.3, -0.25) is 9.59 Å². The van der Waals surface area contributed by atoms with Crippen LogP contribution in [0, 0.1) is 6.92 Å². The molecular weight excluding hydrogens is 546 g/mol. The zero-order valence-electron chi connectivity index (χ0n) is 23.6. The molecule has 0 aliphatic heterocycles. The Morgan fingerprint density at radius 2 is 1.60 bits per heavy atom. The van der Waals surface area contributed by atoms with E-state index >= 15 is 0 Å². The molecule has 0 radical (unpaired) electrons. The number of carboxylic acids is 1. The molecule has 218 valence electrons. The number of amides is 1. The summed E-state index contributed by atoms with van der Waals surface area (Å²) < 4.78 is 13.3. The fourth-order valence-corrected chi connectivity index (χ4v) is 4.66. The smallest absolute Gasteiger partial charge is 0.326 e. The van der Waals surface area contributed by atoms with Gasteiger partial charge >= 0.3 is 5.97 Å². The third kappa shape index (κ3) is 7.45. The van der Waals surface area contributed by atoms with Crippen molar-refractivity contribution in [3.63, 3.8) is 0 Å². The van der Waals surface area contributed by atoms with Gasteiger partial charge in [0.05, 0.1) is 17.6 Å². The molecule has 0 saturated carbocycles. The lowest BCUT2D eigenvalue weighted by Crippen LogP contribution is -2.42. The zero-order chi connectivity index (χ0) is 30.2. The highest BCUT2D eigenvalue weighted by Crippen LogP contribution is 2.17. The zero-order valence-corrected chi connectivity index (χ0v) is 23.6. The third-order valence-corrected chi connectivity index (χ3v) is 6.91. The first-order valence-electron chi connectivity index (χ1n) is 13.9. The third-order valence-electron chi connectivity index (χ3n) is 6.91. The number of rotatable bonds is 12. The van der Waals surface area contributed by atoms with Crippen molar-refractivity contribution in [2.45, 2.75) is 32.5 Å². The number of nitrogens with one attached hydrogen (secondary N) is 1. The van der Waals surface area contributed by atoms with Crippen LogP contribution in [-0.2, 0) is 24.4 Å². The number of carboxylic acid groups (broad SMARTS) is 1. The Balaban J connectivity index is 1.18. The molecule has 4 aromatic carbocycles. The van der Waals surface area contributed by atoms with Crippen LogP contribution in [0.25, 0.3) is 11.0 Å². The molecule has 9 heteroatoms. The highest BCUT2D eigenvalue weighted by atomic mass is 16.5. The van der Waals surface area contributed by atoms with Gasteiger partial charge in [-0.05, 0) is 60.5 Å². The second kappa shape index (κ2) is 13.5. The van der Waals surface area contributed by atoms with Gasteiger partial charge < -0.3 is 24.5 Å². The molecule has 1 aromatic heterocycles. The fraction of sp³-hybridized carbons (Fsp3) is 0.176. The Morgan fingerprint density at radius 1 is 0.860 bits per heavy atom. The minimum absolute atomic E-state index is 0.101. The van der Waals surface area contributed by atoms with Crippen LogP contribution in [0.1, 0.15) is 27.2 Å². The molecule has 43 heavy (non-hydrogen) atoms. The summed E-state index contributed by atoms with van der Waals surface area (Å²) in [6, 6.07) is 29.7. The Hall–Kier alpha value is -5.44. The minimum Gasteiger partial charge on any atom is -0.492 e. The normalized spacial score (nSPS) is 11.6. The SMILES string of the molecule is Cc1nc2ccccc2n(CCOc2cccc(C(=O)N[C@@H](Cc3ccc(OCc4ccccc4)cc3)C(=O)O)c2)c1=O. The lowest BCUT2D eigenvalue weighted by atomic mass is 10.1. The number of hydrogen-bond donors (Lipinski definition) is 2. The van der Waals surface area contributed by atoms with Crippen molar-refractivity contribution in [3.05, 3.63) is 136 Å². The van der Waals surface area contributed by atoms with E-state index < -0.39 is 17.9 Å². The van der Waals surface area contributed by atoms with Crippen molar-refractivity contribution >= 4 is 22.9 Å². The van der Waals surface area contributed by atoms with E-state index in [1.54, 1.807) is 60.0 Å². The predicted molar refractivity (Wildman–Crippen MR) is 162 cm³/mol. The van der Waals surface area contributed by atoms with E-state index in [2.05, 4.69) is 10.3 Å². The number of nitrogens with zero attached hydrogens (tertiary/aromatic N) is 2. The molecule has 0 unspecified atom stereocenters. The van der Waals surface area contributed by atoms with Crippen LogP contribution < -0.4 is 20.3 Å². The summed E-state index contributed by atoms with van der Waals surface area (Å²) in [6.07, 6.45) is 0.101. The summed E-state index contributed by atoms with van der Waals surface area (Å²) in [4.78, 5) is 42.0. The number of aliphatic carboxylic acids is 1. The first-order chi connectivity index (χ1) is 20.9. The molecule has 0 aliphatic rings. The molecule has 9 nitrogen and oxygen atoms in total. The number of hydrogen-bond acceptors (Lipinski definition) is 6. The maximum atomic E-state index is 13.0. The Morgan fingerprint density at radius 3 is 2.37 bits per heavy atom. The van der Waals surface area contributed by atoms with Gasteiger partial charge in [-0.1, -0.05) is 60.7 Å². The standard InChI is InChI=1S/C34H31N3O6/c1-23-33(39)37(31-13-6-5-12-29(31)35-23)18-19-42-28-11-7-10-26(21-28)32(38)36-30(34(40)41)20-24-14-16-27(17-15-24)43-22-25-8-3-2-4-9-25/h2-17,21,30H,18-20,22H2,1H3,(H,36,38)(H,40,41)/t30-/m0/s1. The van der Waals surface area contributed by atoms with Gasteiger partial charge in [-0.25, -0.2) is 9.78 Å². The molecule has 1 heterocycles. The molecule has 0 bridgehead atoms. The number of carbonyl (C=O) groups is 2. The number of aromatic nitrogens is 2. The summed E-state index contributed by atoms with van der Waals surface area (Å²) in [6.45, 7) is 2.57. The second-order valence-electron chi connectivity index (χ2n) is 10.0. The van der Waals surface area contributed by atoms with E-state index in [1.807, 2.05) is 54.6 Å². The molecule has 1 amide bonds. The van der Waals surface area contributed by atoms with Gasteiger partial charge in [0.1, 0.15) is 36.4 Å². The predicted octanol–water partition coefficient (Wildman–Crippen LogP) is 4.79. The maximum Gasteiger partial charge on any atom is 0.326 e. The van der Waals surface area contributed by atoms with Gasteiger partial charge in [-0.15, -0.1) is 0 Å². The molecule has 0 saturated heterocycles. The topological polar surface area (TPSA) is 120 Å². The van der Waals surface area contributed by atoms with E-state index in [4.69, 9.17) is 9.47 Å². The Kier molecular flexibility index (Phi) is 9.11. The van der Waals surface area contributed by atoms with E-state index in [0.717, 1.165) is 16.6 Å². The number of aryl methyl sites for hydroxylation is 1. The van der Waals surface area contributed by atoms with Gasteiger partial charge in [0, 0.05) is 12.0 Å². The number of ether oxygens (including phenoxy) is 2. The van der Waals surface area contributed by atoms with Gasteiger partial charge in [0.2, 0.25) is 0 Å². The molecule has 0 fully saturated rings. The largest absolute Gasteiger partial charge is 0.492 e. The molecule has 0 aliphatic carbocycles. The molecule has 0 spiro atoms. The molecule has 1 atom stereocenters. The average molecular weight is 578 g/mol. The number of para-hydroxylation sites is 2. The summed E-state index contributed by atoms with van der Waals surface area (Å²) in [5.74, 6) is -0.589. The van der Waals surface area contributed by atoms with Gasteiger partial charge in [-0.2, -0.15) is 0 Å². The fourth-order valence-electron chi connectivity index (χ4n) is 4.66. The lowest BCUT2D eigenvalue weighted by Gasteiger charge is -2.16. The van der Waals surface area contributed by atoms with E-state index in [0.29, 0.717) is 29.3 Å². The van der Waals surface area contributed by atoms with Crippen molar-refractivity contribution in [1.29, 1.82) is 0 Å². The molecule has 5 aromatic rings. The number of fused-ring (bicyclic) bond motifs is 1. The summed E-state index contributed by atoms with van der Waals surface area (Å²) in [7, 11) is 0. The van der Waals surface area contributed by atoms with Crippen molar-refractivity contribution in [3.8, 4) is 11.5 Å². The molecule has 2 N–H and O–H groups in total. The Labute approximate surface area is 248 Å². The summed E-state index contributed by atoms with van der Waals surface area (Å²) in [5, 5.41) is 12.4. The molecule has 5 rings (SSSR count). The maximum absolute atomic E-state index is 13.0. The Bertz CT molecular complexity index is 1780. The van der Waals surface area contributed by atoms with E-state index in [-0.39, 0.29) is 30.7 Å². The number of benzene rings is 4. The van der Waals surface area contributed by atoms with Gasteiger partial charge in [0.15, 0.2) is 0 Å². The van der Waals surface area contributed by atoms with Crippen LogP contribution in [0.4, 0.5) is 0 Å². The van der Waals surface area contributed by atoms with Crippen LogP contribution in [0.15, 0.2) is 108 Å². The first kappa shape index (κ1) is 29.1. The minimum atomic E-state index is -1.14. The summed E-state index contributed by atoms with van der Waals surface area (Å²) >= 11 is 0. The van der Waals surface area contributed by atoms with Crippen LogP contribution >= 0.6 is 0 Å². The van der Waals surface area contributed by atoms with E-state index in [9.17, 15) is 19.5 Å². The van der Waals surface area contributed by atoms with Crippen molar-refractivity contribution in [2.24, 2.45) is 0 Å². The summed E-state index contributed by atoms with van der Waals surface area (Å²) in [5.41, 5.74) is 3.69. The van der Waals surface area contributed by atoms with Crippen molar-refractivity contribution < 1.29 is 24.2 Å². The van der Waals surface area contributed by atoms with E-state index in [1.165, 1.54) is 0 Å². The van der Waals surface area contributed by atoms with Crippen LogP contribution in [0.3, 0.4) is 0 Å². The van der Waals surface area contributed by atoms with Crippen LogP contribution in [0.5, 0.6) is 11.5 Å². The van der Waals surface area contributed by atoms with Crippen molar-refractivity contribution in [2.75, 3.05) is 6.61 Å². The van der Waals surface area contributed by atoms with Crippen LogP contribution in [0.2, 0.25) is 0 Å². The first-order valence-corrected chi connectivity index (χ1v) is 13.9. The quantitative estimate of drug-likeness (QED) is 0.219. The second-order valence-corrected chi connectivity index (χ2v) is 10.0. The molecular formula is C34H31N3O6. The number of carbonyl (C=O) groups excluding carboxylic acids is 1. The highest BCUT2D eigenvalue weighted by Gasteiger charge is 2.21. The lowest BCUT2D eigenvalue weighted by molar-refractivity contribution is -0.139. The van der Waals surface area contributed by atoms with Gasteiger partial charge in [0.25, 0.3) is 11.5 Å². The highest BCUT2D eigenvalue weighted by molar-refractivity contribution is 5.97. The average Bonchev–Trinajstić information content (AvgIpc) is 3.02. The monoisotopic (exact) mass is 577 g/mol. The van der Waals surface area contributed by atoms with Crippen molar-refractivity contribution in [1.82, 2.24) is 14.9 Å². The van der Waals surface area contributed by atoms with Crippen LogP contribution in [-0.4, -0.2) is 39.2 Å².